The van der Waals surface area contributed by atoms with Crippen LogP contribution in [0.5, 0.6) is 5.75 Å². The highest BCUT2D eigenvalue weighted by atomic mass is 16.3. The maximum atomic E-state index is 14.3. The van der Waals surface area contributed by atoms with Crippen LogP contribution in [0.3, 0.4) is 0 Å². The molecule has 15 atom stereocenters. The van der Waals surface area contributed by atoms with Crippen molar-refractivity contribution < 1.29 is 79.5 Å². The first-order chi connectivity index (χ1) is 35.6. The van der Waals surface area contributed by atoms with Crippen LogP contribution in [0.1, 0.15) is 129 Å². The third kappa shape index (κ3) is 18.0. The van der Waals surface area contributed by atoms with Crippen molar-refractivity contribution in [3.63, 3.8) is 0 Å². The lowest BCUT2D eigenvalue weighted by Crippen LogP contribution is -2.64. The average molecular weight is 1060 g/mol. The number of nitrogens with one attached hydrogen (secondary N) is 5. The van der Waals surface area contributed by atoms with E-state index in [9.17, 15) is 79.5 Å². The number of aromatic hydroxyl groups is 1. The molecule has 14 N–H and O–H groups in total. The number of fused-ring (bicyclic) bond motifs is 2. The second kappa shape index (κ2) is 30.3. The summed E-state index contributed by atoms with van der Waals surface area (Å²) in [6.07, 6.45) is 2.50. The number of carbonyl (C=O) groups is 7. The van der Waals surface area contributed by atoms with E-state index >= 15 is 0 Å². The first-order valence-corrected chi connectivity index (χ1v) is 26.2. The average Bonchev–Trinajstić information content (AvgIpc) is 3.91. The van der Waals surface area contributed by atoms with Gasteiger partial charge in [0.05, 0.1) is 24.4 Å². The standard InChI is InChI=1S/C52H81N7O16/c1-5-6-7-8-9-10-11-12-13-14-15-16-17-18-19-20-38(65)53-35-26-37(64)48(71)57-50(73)42-43(66)29(2)27-59(42)52(75)40(31(4)61)55-49(72)41(45(68)44(67)32-21-23-33(62)24-22-32)56-47(70)36-25-34(63)28-58(36)51(74)39(30(3)60)54-46(35)69/h9-10,12-13,21-24,29-31,34-37,39-45,48,60-64,66-68,71H,5-8,11,14-20,25-28H2,1-4H3,(H,53,65)(H,54,69)(H,55,72)(H,56,70)(H,57,73)/b10-9+,13-12+. The van der Waals surface area contributed by atoms with Crippen molar-refractivity contribution >= 4 is 41.4 Å². The number of phenols is 1. The van der Waals surface area contributed by atoms with Gasteiger partial charge in [0.1, 0.15) is 60.3 Å². The molecule has 3 aliphatic rings. The van der Waals surface area contributed by atoms with Crippen molar-refractivity contribution in [2.45, 2.75) is 203 Å². The zero-order chi connectivity index (χ0) is 55.5. The lowest BCUT2D eigenvalue weighted by atomic mass is 9.96. The van der Waals surface area contributed by atoms with E-state index in [1.165, 1.54) is 38.3 Å². The first kappa shape index (κ1) is 62.0. The molecule has 7 amide bonds. The van der Waals surface area contributed by atoms with Gasteiger partial charge in [0.15, 0.2) is 6.23 Å². The summed E-state index contributed by atoms with van der Waals surface area (Å²) in [6.45, 7) is 4.97. The normalized spacial score (nSPS) is 29.4. The predicted octanol–water partition coefficient (Wildman–Crippen LogP) is -1.33. The molecule has 23 heteroatoms. The number of hydrogen-bond acceptors (Lipinski definition) is 16. The van der Waals surface area contributed by atoms with Crippen LogP contribution in [0.4, 0.5) is 0 Å². The molecule has 3 heterocycles. The molecule has 23 nitrogen and oxygen atoms in total. The van der Waals surface area contributed by atoms with Crippen LogP contribution in [0.2, 0.25) is 0 Å². The van der Waals surface area contributed by atoms with E-state index in [1.54, 1.807) is 0 Å². The number of carbonyl (C=O) groups excluding carboxylic acids is 7. The lowest BCUT2D eigenvalue weighted by molar-refractivity contribution is -0.148. The first-order valence-electron chi connectivity index (χ1n) is 26.2. The van der Waals surface area contributed by atoms with Crippen molar-refractivity contribution in [3.8, 4) is 5.75 Å². The van der Waals surface area contributed by atoms with Crippen molar-refractivity contribution in [2.75, 3.05) is 13.1 Å². The summed E-state index contributed by atoms with van der Waals surface area (Å²) in [6, 6.07) is -6.61. The van der Waals surface area contributed by atoms with Gasteiger partial charge in [-0.25, -0.2) is 0 Å². The van der Waals surface area contributed by atoms with E-state index in [4.69, 9.17) is 0 Å². The Labute approximate surface area is 437 Å². The number of aliphatic hydroxyl groups is 8. The molecule has 420 valence electrons. The highest BCUT2D eigenvalue weighted by molar-refractivity contribution is 5.98. The molecule has 0 saturated carbocycles. The molecule has 0 aromatic heterocycles. The molecule has 3 aliphatic heterocycles. The molecular weight excluding hydrogens is 979 g/mol. The SMILES string of the molecule is CCCCC/C=C/C/C=C/CCCCCCCC(=O)NC1CC(O)C(O)NC(=O)C2C(O)C(C)CN2C(=O)C(C(C)O)NC(=O)C(C(O)C(O)c2ccc(O)cc2)NC(=O)C2CC(O)CN2C(=O)C(C(C)O)NC1=O. The summed E-state index contributed by atoms with van der Waals surface area (Å²) >= 11 is 0. The third-order valence-corrected chi connectivity index (χ3v) is 13.9. The number of phenolic OH excluding ortho intramolecular Hbond substituents is 1. The van der Waals surface area contributed by atoms with Gasteiger partial charge in [0.25, 0.3) is 0 Å². The number of nitrogens with zero attached hydrogens (tertiary/aromatic N) is 2. The molecular formula is C52H81N7O16. The minimum Gasteiger partial charge on any atom is -0.508 e. The molecule has 75 heavy (non-hydrogen) atoms. The van der Waals surface area contributed by atoms with Gasteiger partial charge >= 0.3 is 0 Å². The minimum absolute atomic E-state index is 0.0614. The molecule has 0 spiro atoms. The quantitative estimate of drug-likeness (QED) is 0.0531. The fraction of sp³-hybridized carbons (Fsp3) is 0.673. The maximum absolute atomic E-state index is 14.3. The smallest absolute Gasteiger partial charge is 0.248 e. The number of benzene rings is 1. The molecule has 1 aromatic carbocycles. The van der Waals surface area contributed by atoms with Crippen molar-refractivity contribution in [2.24, 2.45) is 5.92 Å². The van der Waals surface area contributed by atoms with Crippen molar-refractivity contribution in [1.29, 1.82) is 0 Å². The summed E-state index contributed by atoms with van der Waals surface area (Å²) in [5.74, 6) is -8.97. The summed E-state index contributed by atoms with van der Waals surface area (Å²) in [5, 5.41) is 110. The Kier molecular flexibility index (Phi) is 25.0. The Morgan fingerprint density at radius 3 is 1.85 bits per heavy atom. The number of hydrogen-bond donors (Lipinski definition) is 14. The number of allylic oxidation sites excluding steroid dienone is 4. The minimum atomic E-state index is -2.27. The van der Waals surface area contributed by atoms with Gasteiger partial charge in [-0.15, -0.1) is 0 Å². The van der Waals surface area contributed by atoms with Gasteiger partial charge in [-0.2, -0.15) is 0 Å². The zero-order valence-electron chi connectivity index (χ0n) is 43.4. The summed E-state index contributed by atoms with van der Waals surface area (Å²) in [7, 11) is 0. The van der Waals surface area contributed by atoms with Gasteiger partial charge in [0, 0.05) is 38.3 Å². The lowest BCUT2D eigenvalue weighted by Gasteiger charge is -2.34. The van der Waals surface area contributed by atoms with Crippen LogP contribution >= 0.6 is 0 Å². The maximum Gasteiger partial charge on any atom is 0.248 e. The Bertz CT molecular complexity index is 2110. The van der Waals surface area contributed by atoms with E-state index < -0.39 is 152 Å². The van der Waals surface area contributed by atoms with Crippen molar-refractivity contribution in [1.82, 2.24) is 36.4 Å². The van der Waals surface area contributed by atoms with Gasteiger partial charge in [0.2, 0.25) is 41.4 Å². The van der Waals surface area contributed by atoms with Gasteiger partial charge in [-0.3, -0.25) is 33.6 Å². The Balaban J connectivity index is 1.62. The highest BCUT2D eigenvalue weighted by Crippen LogP contribution is 2.28. The Morgan fingerprint density at radius 1 is 0.680 bits per heavy atom. The van der Waals surface area contributed by atoms with E-state index in [-0.39, 0.29) is 24.3 Å². The van der Waals surface area contributed by atoms with Crippen LogP contribution in [0.25, 0.3) is 0 Å². The number of aliphatic hydroxyl groups excluding tert-OH is 8. The Hall–Kier alpha value is -5.53. The van der Waals surface area contributed by atoms with E-state index in [0.29, 0.717) is 12.8 Å². The summed E-state index contributed by atoms with van der Waals surface area (Å²) in [5.41, 5.74) is -0.0614. The monoisotopic (exact) mass is 1060 g/mol. The Morgan fingerprint density at radius 2 is 1.24 bits per heavy atom. The predicted molar refractivity (Wildman–Crippen MR) is 271 cm³/mol. The summed E-state index contributed by atoms with van der Waals surface area (Å²) in [4.78, 5) is 100. The molecule has 0 aliphatic carbocycles. The topological polar surface area (TPSA) is 368 Å². The second-order valence-corrected chi connectivity index (χ2v) is 20.1. The molecule has 1 aromatic rings. The molecule has 3 saturated heterocycles. The van der Waals surface area contributed by atoms with E-state index in [1.807, 2.05) is 0 Å². The van der Waals surface area contributed by atoms with Gasteiger partial charge in [-0.05, 0) is 70.1 Å². The molecule has 0 radical (unpaired) electrons. The fourth-order valence-corrected chi connectivity index (χ4v) is 9.39. The molecule has 0 bridgehead atoms. The van der Waals surface area contributed by atoms with Crippen molar-refractivity contribution in [3.05, 3.63) is 54.1 Å². The second-order valence-electron chi connectivity index (χ2n) is 20.1. The van der Waals surface area contributed by atoms with Crippen LogP contribution in [-0.4, -0.2) is 189 Å². The molecule has 4 rings (SSSR count). The molecule has 3 fully saturated rings. The van der Waals surface area contributed by atoms with Gasteiger partial charge in [-0.1, -0.05) is 82.4 Å². The van der Waals surface area contributed by atoms with Crippen LogP contribution < -0.4 is 26.6 Å². The van der Waals surface area contributed by atoms with Crippen LogP contribution in [0, 0.1) is 5.92 Å². The number of amides is 7. The summed E-state index contributed by atoms with van der Waals surface area (Å²) < 4.78 is 0. The zero-order valence-corrected chi connectivity index (χ0v) is 43.4. The van der Waals surface area contributed by atoms with Crippen LogP contribution in [-0.2, 0) is 33.6 Å². The fourth-order valence-electron chi connectivity index (χ4n) is 9.39. The van der Waals surface area contributed by atoms with Crippen LogP contribution in [0.15, 0.2) is 48.6 Å². The molecule has 15 unspecified atom stereocenters. The van der Waals surface area contributed by atoms with E-state index in [2.05, 4.69) is 57.8 Å². The number of unbranched alkanes of at least 4 members (excludes halogenated alkanes) is 8. The largest absolute Gasteiger partial charge is 0.508 e. The third-order valence-electron chi connectivity index (χ3n) is 13.9. The number of rotatable bonds is 20. The highest BCUT2D eigenvalue weighted by Gasteiger charge is 2.50. The van der Waals surface area contributed by atoms with Gasteiger partial charge < -0.3 is 82.3 Å². The van der Waals surface area contributed by atoms with E-state index in [0.717, 1.165) is 74.3 Å².